The maximum absolute atomic E-state index is 12.5. The fourth-order valence-electron chi connectivity index (χ4n) is 2.78. The molecule has 1 heterocycles. The largest absolute Gasteiger partial charge is 0.363 e. The molecule has 0 spiro atoms. The molecular formula is C14H21BrN4O4S. The molecule has 0 radical (unpaired) electrons. The SMILES string of the molecule is CCN(CC)S(=O)(=O)N1CCN(c2ccc(Br)cc2[N+](=O)[O-])CC1. The number of piperazine rings is 1. The van der Waals surface area contributed by atoms with E-state index < -0.39 is 15.1 Å². The monoisotopic (exact) mass is 420 g/mol. The second-order valence-electron chi connectivity index (χ2n) is 5.37. The molecule has 0 saturated carbocycles. The van der Waals surface area contributed by atoms with Crippen molar-refractivity contribution in [3.05, 3.63) is 32.8 Å². The van der Waals surface area contributed by atoms with Crippen LogP contribution in [0.15, 0.2) is 22.7 Å². The summed E-state index contributed by atoms with van der Waals surface area (Å²) >= 11 is 3.24. The third kappa shape index (κ3) is 3.88. The quantitative estimate of drug-likeness (QED) is 0.519. The van der Waals surface area contributed by atoms with Crippen LogP contribution in [0.3, 0.4) is 0 Å². The zero-order valence-corrected chi connectivity index (χ0v) is 16.1. The van der Waals surface area contributed by atoms with Gasteiger partial charge < -0.3 is 4.90 Å². The fourth-order valence-corrected chi connectivity index (χ4v) is 4.74. The zero-order chi connectivity index (χ0) is 17.9. The minimum absolute atomic E-state index is 0.0180. The van der Waals surface area contributed by atoms with Crippen molar-refractivity contribution in [1.82, 2.24) is 8.61 Å². The number of anilines is 1. The van der Waals surface area contributed by atoms with Crippen LogP contribution in [0, 0.1) is 10.1 Å². The van der Waals surface area contributed by atoms with E-state index in [2.05, 4.69) is 15.9 Å². The average molecular weight is 421 g/mol. The molecule has 2 rings (SSSR count). The number of nitro benzene ring substituents is 1. The third-order valence-corrected chi connectivity index (χ3v) is 6.75. The highest BCUT2D eigenvalue weighted by molar-refractivity contribution is 9.10. The summed E-state index contributed by atoms with van der Waals surface area (Å²) in [4.78, 5) is 12.7. The first-order chi connectivity index (χ1) is 11.3. The number of hydrogen-bond acceptors (Lipinski definition) is 5. The van der Waals surface area contributed by atoms with E-state index in [0.717, 1.165) is 0 Å². The van der Waals surface area contributed by atoms with Gasteiger partial charge in [-0.2, -0.15) is 17.0 Å². The van der Waals surface area contributed by atoms with Crippen LogP contribution in [0.2, 0.25) is 0 Å². The van der Waals surface area contributed by atoms with Gasteiger partial charge in [0, 0.05) is 49.8 Å². The van der Waals surface area contributed by atoms with Crippen LogP contribution in [-0.2, 0) is 10.2 Å². The predicted molar refractivity (Wildman–Crippen MR) is 96.4 cm³/mol. The van der Waals surface area contributed by atoms with E-state index in [-0.39, 0.29) is 5.69 Å². The van der Waals surface area contributed by atoms with Crippen molar-refractivity contribution in [2.75, 3.05) is 44.2 Å². The maximum Gasteiger partial charge on any atom is 0.293 e. The standard InChI is InChI=1S/C14H21BrN4O4S/c1-3-17(4-2)24(22,23)18-9-7-16(8-10-18)13-6-5-12(15)11-14(13)19(20)21/h5-6,11H,3-4,7-10H2,1-2H3. The summed E-state index contributed by atoms with van der Waals surface area (Å²) in [5, 5.41) is 11.3. The minimum atomic E-state index is -3.46. The van der Waals surface area contributed by atoms with Crippen molar-refractivity contribution in [1.29, 1.82) is 0 Å². The molecule has 0 amide bonds. The van der Waals surface area contributed by atoms with Gasteiger partial charge in [0.05, 0.1) is 4.92 Å². The first-order valence-electron chi connectivity index (χ1n) is 7.75. The molecule has 134 valence electrons. The molecule has 1 aromatic carbocycles. The molecule has 0 aliphatic carbocycles. The first kappa shape index (κ1) is 19.1. The third-order valence-electron chi connectivity index (χ3n) is 4.07. The topological polar surface area (TPSA) is 87.0 Å². The molecule has 1 aliphatic heterocycles. The Morgan fingerprint density at radius 2 is 1.79 bits per heavy atom. The van der Waals surface area contributed by atoms with E-state index in [9.17, 15) is 18.5 Å². The van der Waals surface area contributed by atoms with Gasteiger partial charge in [-0.25, -0.2) is 0 Å². The first-order valence-corrected chi connectivity index (χ1v) is 9.94. The number of nitrogens with zero attached hydrogens (tertiary/aromatic N) is 4. The van der Waals surface area contributed by atoms with E-state index >= 15 is 0 Å². The van der Waals surface area contributed by atoms with Crippen molar-refractivity contribution in [2.24, 2.45) is 0 Å². The zero-order valence-electron chi connectivity index (χ0n) is 13.7. The maximum atomic E-state index is 12.5. The molecule has 24 heavy (non-hydrogen) atoms. The van der Waals surface area contributed by atoms with Crippen molar-refractivity contribution in [3.8, 4) is 0 Å². The lowest BCUT2D eigenvalue weighted by Gasteiger charge is -2.37. The lowest BCUT2D eigenvalue weighted by atomic mass is 10.2. The molecule has 0 unspecified atom stereocenters. The van der Waals surface area contributed by atoms with E-state index in [1.807, 2.05) is 18.7 Å². The van der Waals surface area contributed by atoms with Crippen molar-refractivity contribution >= 4 is 37.5 Å². The summed E-state index contributed by atoms with van der Waals surface area (Å²) in [6.07, 6.45) is 0. The average Bonchev–Trinajstić information content (AvgIpc) is 2.55. The summed E-state index contributed by atoms with van der Waals surface area (Å²) < 4.78 is 28.6. The van der Waals surface area contributed by atoms with Crippen LogP contribution in [0.25, 0.3) is 0 Å². The van der Waals surface area contributed by atoms with E-state index in [0.29, 0.717) is 49.4 Å². The molecular weight excluding hydrogens is 400 g/mol. The van der Waals surface area contributed by atoms with Gasteiger partial charge in [0.2, 0.25) is 0 Å². The van der Waals surface area contributed by atoms with Gasteiger partial charge in [0.1, 0.15) is 5.69 Å². The fraction of sp³-hybridized carbons (Fsp3) is 0.571. The summed E-state index contributed by atoms with van der Waals surface area (Å²) in [7, 11) is -3.46. The summed E-state index contributed by atoms with van der Waals surface area (Å²) in [6.45, 7) is 5.93. The summed E-state index contributed by atoms with van der Waals surface area (Å²) in [5.74, 6) is 0. The van der Waals surface area contributed by atoms with Crippen LogP contribution >= 0.6 is 15.9 Å². The Bertz CT molecular complexity index is 701. The molecule has 10 heteroatoms. The summed E-state index contributed by atoms with van der Waals surface area (Å²) in [6, 6.07) is 4.91. The number of nitro groups is 1. The van der Waals surface area contributed by atoms with Crippen LogP contribution in [0.4, 0.5) is 11.4 Å². The van der Waals surface area contributed by atoms with Crippen molar-refractivity contribution in [3.63, 3.8) is 0 Å². The molecule has 0 bridgehead atoms. The second-order valence-corrected chi connectivity index (χ2v) is 8.21. The van der Waals surface area contributed by atoms with Gasteiger partial charge in [-0.05, 0) is 12.1 Å². The normalized spacial score (nSPS) is 16.6. The molecule has 0 atom stereocenters. The molecule has 1 aromatic rings. The highest BCUT2D eigenvalue weighted by Gasteiger charge is 2.32. The number of rotatable bonds is 6. The van der Waals surface area contributed by atoms with Gasteiger partial charge in [-0.3, -0.25) is 10.1 Å². The van der Waals surface area contributed by atoms with Gasteiger partial charge >= 0.3 is 0 Å². The van der Waals surface area contributed by atoms with Gasteiger partial charge in [0.25, 0.3) is 15.9 Å². The van der Waals surface area contributed by atoms with Crippen molar-refractivity contribution in [2.45, 2.75) is 13.8 Å². The van der Waals surface area contributed by atoms with Crippen LogP contribution < -0.4 is 4.90 Å². The highest BCUT2D eigenvalue weighted by atomic mass is 79.9. The molecule has 1 fully saturated rings. The highest BCUT2D eigenvalue weighted by Crippen LogP contribution is 2.32. The molecule has 1 saturated heterocycles. The summed E-state index contributed by atoms with van der Waals surface area (Å²) in [5.41, 5.74) is 0.535. The van der Waals surface area contributed by atoms with Crippen molar-refractivity contribution < 1.29 is 13.3 Å². The van der Waals surface area contributed by atoms with E-state index in [1.165, 1.54) is 14.7 Å². The van der Waals surface area contributed by atoms with Gasteiger partial charge in [-0.15, -0.1) is 0 Å². The van der Waals surface area contributed by atoms with E-state index in [1.54, 1.807) is 12.1 Å². The van der Waals surface area contributed by atoms with Gasteiger partial charge in [0.15, 0.2) is 0 Å². The Balaban J connectivity index is 2.15. The van der Waals surface area contributed by atoms with E-state index in [4.69, 9.17) is 0 Å². The Morgan fingerprint density at radius 3 is 2.29 bits per heavy atom. The Hall–Kier alpha value is -1.23. The van der Waals surface area contributed by atoms with Crippen LogP contribution in [0.1, 0.15) is 13.8 Å². The Kier molecular flexibility index (Phi) is 6.18. The number of benzene rings is 1. The number of halogens is 1. The molecule has 1 aliphatic rings. The predicted octanol–water partition coefficient (Wildman–Crippen LogP) is 2.07. The lowest BCUT2D eigenvalue weighted by molar-refractivity contribution is -0.384. The molecule has 0 aromatic heterocycles. The Labute approximate surface area is 150 Å². The smallest absolute Gasteiger partial charge is 0.293 e. The van der Waals surface area contributed by atoms with Crippen LogP contribution in [-0.4, -0.2) is 61.2 Å². The lowest BCUT2D eigenvalue weighted by Crippen LogP contribution is -2.53. The van der Waals surface area contributed by atoms with Gasteiger partial charge in [-0.1, -0.05) is 29.8 Å². The second kappa shape index (κ2) is 7.77. The Morgan fingerprint density at radius 1 is 1.21 bits per heavy atom. The number of hydrogen-bond donors (Lipinski definition) is 0. The van der Waals surface area contributed by atoms with Crippen LogP contribution in [0.5, 0.6) is 0 Å². The molecule has 8 nitrogen and oxygen atoms in total. The molecule has 0 N–H and O–H groups in total. The minimum Gasteiger partial charge on any atom is -0.363 e.